The van der Waals surface area contributed by atoms with Gasteiger partial charge in [0.15, 0.2) is 5.76 Å². The number of hydrogen-bond donors (Lipinski definition) is 1. The van der Waals surface area contributed by atoms with Crippen LogP contribution in [-0.2, 0) is 9.53 Å². The Hall–Kier alpha value is -2.82. The van der Waals surface area contributed by atoms with Gasteiger partial charge < -0.3 is 14.5 Å². The Kier molecular flexibility index (Phi) is 4.02. The Labute approximate surface area is 133 Å². The number of rotatable bonds is 4. The molecule has 0 radical (unpaired) electrons. The van der Waals surface area contributed by atoms with Gasteiger partial charge in [-0.3, -0.25) is 9.59 Å². The molecule has 1 heterocycles. The fourth-order valence-electron chi connectivity index (χ4n) is 2.63. The van der Waals surface area contributed by atoms with Crippen molar-refractivity contribution in [2.45, 2.75) is 13.3 Å². The standard InChI is InChI=1S/C18H17NO4/c1-11-13-8-7-12-5-3-4-6-14(12)17(13)23-16(11)18(21)19-10-9-15(20)22-2/h3-8H,9-10H2,1-2H3,(H,19,21). The molecule has 2 aromatic carbocycles. The highest BCUT2D eigenvalue weighted by atomic mass is 16.5. The number of aryl methyl sites for hydroxylation is 1. The fourth-order valence-corrected chi connectivity index (χ4v) is 2.63. The molecule has 1 N–H and O–H groups in total. The van der Waals surface area contributed by atoms with Gasteiger partial charge in [-0.15, -0.1) is 0 Å². The fraction of sp³-hybridized carbons (Fsp3) is 0.222. The van der Waals surface area contributed by atoms with Crippen LogP contribution in [0.15, 0.2) is 40.8 Å². The first-order valence-electron chi connectivity index (χ1n) is 7.37. The van der Waals surface area contributed by atoms with E-state index in [4.69, 9.17) is 4.42 Å². The first-order valence-corrected chi connectivity index (χ1v) is 7.37. The van der Waals surface area contributed by atoms with Crippen LogP contribution < -0.4 is 5.32 Å². The third kappa shape index (κ3) is 2.77. The molecule has 1 aromatic heterocycles. The summed E-state index contributed by atoms with van der Waals surface area (Å²) in [5.41, 5.74) is 1.50. The molecule has 0 fully saturated rings. The number of benzene rings is 2. The minimum absolute atomic E-state index is 0.129. The van der Waals surface area contributed by atoms with Gasteiger partial charge in [0, 0.05) is 22.9 Å². The minimum atomic E-state index is -0.363. The zero-order chi connectivity index (χ0) is 16.4. The number of hydrogen-bond acceptors (Lipinski definition) is 4. The van der Waals surface area contributed by atoms with E-state index in [0.717, 1.165) is 21.7 Å². The van der Waals surface area contributed by atoms with Crippen LogP contribution in [0.3, 0.4) is 0 Å². The van der Waals surface area contributed by atoms with Gasteiger partial charge >= 0.3 is 5.97 Å². The summed E-state index contributed by atoms with van der Waals surface area (Å²) in [4.78, 5) is 23.4. The number of methoxy groups -OCH3 is 1. The van der Waals surface area contributed by atoms with Gasteiger partial charge in [0.25, 0.3) is 5.91 Å². The number of amides is 1. The second kappa shape index (κ2) is 6.12. The van der Waals surface area contributed by atoms with Crippen molar-refractivity contribution in [1.29, 1.82) is 0 Å². The highest BCUT2D eigenvalue weighted by molar-refractivity contribution is 6.08. The molecular formula is C18H17NO4. The maximum Gasteiger partial charge on any atom is 0.307 e. The number of ether oxygens (including phenoxy) is 1. The van der Waals surface area contributed by atoms with E-state index in [0.29, 0.717) is 5.58 Å². The van der Waals surface area contributed by atoms with Gasteiger partial charge in [0.1, 0.15) is 5.58 Å². The van der Waals surface area contributed by atoms with Crippen molar-refractivity contribution >= 4 is 33.6 Å². The van der Waals surface area contributed by atoms with E-state index in [1.54, 1.807) is 0 Å². The number of esters is 1. The summed E-state index contributed by atoms with van der Waals surface area (Å²) in [6.07, 6.45) is 0.129. The summed E-state index contributed by atoms with van der Waals surface area (Å²) >= 11 is 0. The highest BCUT2D eigenvalue weighted by Crippen LogP contribution is 2.31. The quantitative estimate of drug-likeness (QED) is 0.751. The van der Waals surface area contributed by atoms with Crippen molar-refractivity contribution in [3.05, 3.63) is 47.7 Å². The second-order valence-electron chi connectivity index (χ2n) is 5.30. The smallest absolute Gasteiger partial charge is 0.307 e. The zero-order valence-corrected chi connectivity index (χ0v) is 13.0. The molecule has 0 atom stereocenters. The molecule has 0 saturated heterocycles. The van der Waals surface area contributed by atoms with Crippen LogP contribution in [0.2, 0.25) is 0 Å². The molecule has 118 valence electrons. The topological polar surface area (TPSA) is 68.5 Å². The van der Waals surface area contributed by atoms with Crippen molar-refractivity contribution in [1.82, 2.24) is 5.32 Å². The predicted octanol–water partition coefficient (Wildman–Crippen LogP) is 3.19. The molecule has 1 amide bonds. The maximum atomic E-state index is 12.3. The monoisotopic (exact) mass is 311 g/mol. The Morgan fingerprint density at radius 1 is 1.13 bits per heavy atom. The predicted molar refractivity (Wildman–Crippen MR) is 87.4 cm³/mol. The number of fused-ring (bicyclic) bond motifs is 3. The zero-order valence-electron chi connectivity index (χ0n) is 13.0. The van der Waals surface area contributed by atoms with Crippen molar-refractivity contribution < 1.29 is 18.7 Å². The van der Waals surface area contributed by atoms with E-state index in [-0.39, 0.29) is 30.6 Å². The minimum Gasteiger partial charge on any atom is -0.469 e. The molecule has 3 aromatic rings. The van der Waals surface area contributed by atoms with Crippen molar-refractivity contribution in [2.75, 3.05) is 13.7 Å². The second-order valence-corrected chi connectivity index (χ2v) is 5.30. The van der Waals surface area contributed by atoms with Crippen LogP contribution in [0.1, 0.15) is 22.5 Å². The third-order valence-electron chi connectivity index (χ3n) is 3.88. The molecule has 3 rings (SSSR count). The van der Waals surface area contributed by atoms with Crippen molar-refractivity contribution in [3.63, 3.8) is 0 Å². The van der Waals surface area contributed by atoms with Crippen LogP contribution in [-0.4, -0.2) is 25.5 Å². The molecule has 0 bridgehead atoms. The maximum absolute atomic E-state index is 12.3. The number of furan rings is 1. The Bertz CT molecular complexity index is 895. The van der Waals surface area contributed by atoms with E-state index in [1.807, 2.05) is 43.3 Å². The highest BCUT2D eigenvalue weighted by Gasteiger charge is 2.18. The van der Waals surface area contributed by atoms with E-state index in [2.05, 4.69) is 10.1 Å². The largest absolute Gasteiger partial charge is 0.469 e. The van der Waals surface area contributed by atoms with E-state index >= 15 is 0 Å². The molecular weight excluding hydrogens is 294 g/mol. The SMILES string of the molecule is COC(=O)CCNC(=O)c1oc2c(ccc3ccccc32)c1C. The average Bonchev–Trinajstić information content (AvgIpc) is 2.92. The lowest BCUT2D eigenvalue weighted by Crippen LogP contribution is -2.26. The normalized spacial score (nSPS) is 10.9. The number of nitrogens with one attached hydrogen (secondary N) is 1. The summed E-state index contributed by atoms with van der Waals surface area (Å²) in [5.74, 6) is -0.412. The molecule has 0 aliphatic carbocycles. The average molecular weight is 311 g/mol. The van der Waals surface area contributed by atoms with Crippen LogP contribution in [0.4, 0.5) is 0 Å². The number of carbonyl (C=O) groups is 2. The summed E-state index contributed by atoms with van der Waals surface area (Å²) in [6, 6.07) is 11.9. The number of carbonyl (C=O) groups excluding carboxylic acids is 2. The van der Waals surface area contributed by atoms with Gasteiger partial charge in [-0.1, -0.05) is 36.4 Å². The summed E-state index contributed by atoms with van der Waals surface area (Å²) in [6.45, 7) is 2.07. The van der Waals surface area contributed by atoms with Crippen LogP contribution >= 0.6 is 0 Å². The van der Waals surface area contributed by atoms with E-state index in [9.17, 15) is 9.59 Å². The molecule has 0 spiro atoms. The Balaban J connectivity index is 1.92. The first kappa shape index (κ1) is 15.1. The third-order valence-corrected chi connectivity index (χ3v) is 3.88. The van der Waals surface area contributed by atoms with E-state index < -0.39 is 0 Å². The summed E-state index contributed by atoms with van der Waals surface area (Å²) in [7, 11) is 1.32. The van der Waals surface area contributed by atoms with Gasteiger partial charge in [-0.2, -0.15) is 0 Å². The lowest BCUT2D eigenvalue weighted by molar-refractivity contribution is -0.140. The Morgan fingerprint density at radius 2 is 1.91 bits per heavy atom. The van der Waals surface area contributed by atoms with Gasteiger partial charge in [0.05, 0.1) is 13.5 Å². The molecule has 0 unspecified atom stereocenters. The van der Waals surface area contributed by atoms with Gasteiger partial charge in [-0.25, -0.2) is 0 Å². The summed E-state index contributed by atoms with van der Waals surface area (Å²) < 4.78 is 10.4. The first-order chi connectivity index (χ1) is 11.1. The lowest BCUT2D eigenvalue weighted by Gasteiger charge is -2.02. The molecule has 23 heavy (non-hydrogen) atoms. The van der Waals surface area contributed by atoms with Crippen LogP contribution in [0, 0.1) is 6.92 Å². The molecule has 5 nitrogen and oxygen atoms in total. The molecule has 0 aliphatic rings. The Morgan fingerprint density at radius 3 is 2.70 bits per heavy atom. The molecule has 0 aliphatic heterocycles. The summed E-state index contributed by atoms with van der Waals surface area (Å²) in [5, 5.41) is 5.63. The van der Waals surface area contributed by atoms with Crippen LogP contribution in [0.25, 0.3) is 21.7 Å². The molecule has 0 saturated carbocycles. The van der Waals surface area contributed by atoms with Crippen molar-refractivity contribution in [3.8, 4) is 0 Å². The van der Waals surface area contributed by atoms with E-state index in [1.165, 1.54) is 7.11 Å². The molecule has 5 heteroatoms. The lowest BCUT2D eigenvalue weighted by atomic mass is 10.1. The van der Waals surface area contributed by atoms with Crippen molar-refractivity contribution in [2.24, 2.45) is 0 Å². The van der Waals surface area contributed by atoms with Gasteiger partial charge in [-0.05, 0) is 12.3 Å². The van der Waals surface area contributed by atoms with Gasteiger partial charge in [0.2, 0.25) is 0 Å². The van der Waals surface area contributed by atoms with Crippen LogP contribution in [0.5, 0.6) is 0 Å².